The molecule has 0 aliphatic carbocycles. The number of nitrogens with zero attached hydrogens (tertiary/aromatic N) is 2. The molecule has 0 unspecified atom stereocenters. The predicted molar refractivity (Wildman–Crippen MR) is 84.9 cm³/mol. The van der Waals surface area contributed by atoms with E-state index in [1.165, 1.54) is 18.2 Å². The van der Waals surface area contributed by atoms with Crippen molar-refractivity contribution in [3.8, 4) is 0 Å². The fourth-order valence-corrected chi connectivity index (χ4v) is 1.96. The number of rotatable bonds is 4. The summed E-state index contributed by atoms with van der Waals surface area (Å²) in [6.07, 6.45) is 0. The summed E-state index contributed by atoms with van der Waals surface area (Å²) in [7, 11) is 0. The smallest absolute Gasteiger partial charge is 0.274 e. The van der Waals surface area contributed by atoms with Crippen LogP contribution in [0.3, 0.4) is 0 Å². The van der Waals surface area contributed by atoms with Gasteiger partial charge in [-0.25, -0.2) is 14.4 Å². The van der Waals surface area contributed by atoms with Gasteiger partial charge in [-0.05, 0) is 45.0 Å². The third kappa shape index (κ3) is 4.14. The Morgan fingerprint density at radius 1 is 1.27 bits per heavy atom. The van der Waals surface area contributed by atoms with Gasteiger partial charge in [0.2, 0.25) is 5.95 Å². The molecule has 0 spiro atoms. The van der Waals surface area contributed by atoms with Gasteiger partial charge in [-0.3, -0.25) is 4.79 Å². The fraction of sp³-hybridized carbons (Fsp3) is 0.267. The third-order valence-corrected chi connectivity index (χ3v) is 2.97. The van der Waals surface area contributed by atoms with E-state index in [-0.39, 0.29) is 16.8 Å². The Morgan fingerprint density at radius 2 is 2.00 bits per heavy atom. The molecule has 0 radical (unpaired) electrons. The van der Waals surface area contributed by atoms with Gasteiger partial charge in [-0.15, -0.1) is 0 Å². The van der Waals surface area contributed by atoms with Crippen LogP contribution in [0.15, 0.2) is 24.3 Å². The van der Waals surface area contributed by atoms with Crippen molar-refractivity contribution in [3.63, 3.8) is 0 Å². The molecule has 0 fully saturated rings. The van der Waals surface area contributed by atoms with Gasteiger partial charge in [0.05, 0.1) is 5.02 Å². The minimum atomic E-state index is -0.541. The van der Waals surface area contributed by atoms with Crippen molar-refractivity contribution in [3.05, 3.63) is 46.5 Å². The summed E-state index contributed by atoms with van der Waals surface area (Å²) in [5.41, 5.74) is 1.28. The van der Waals surface area contributed by atoms with Gasteiger partial charge in [-0.2, -0.15) is 0 Å². The van der Waals surface area contributed by atoms with Crippen LogP contribution < -0.4 is 10.6 Å². The zero-order valence-corrected chi connectivity index (χ0v) is 13.2. The molecule has 2 aromatic rings. The lowest BCUT2D eigenvalue weighted by atomic mass is 10.2. The Hall–Kier alpha value is -2.21. The Bertz CT molecular complexity index is 706. The third-order valence-electron chi connectivity index (χ3n) is 2.68. The normalized spacial score (nSPS) is 10.6. The first-order valence-corrected chi connectivity index (χ1v) is 7.11. The van der Waals surface area contributed by atoms with Crippen molar-refractivity contribution in [1.82, 2.24) is 9.97 Å². The van der Waals surface area contributed by atoms with Crippen LogP contribution in [0, 0.1) is 12.7 Å². The minimum Gasteiger partial charge on any atom is -0.352 e. The van der Waals surface area contributed by atoms with Gasteiger partial charge in [0, 0.05) is 17.4 Å². The summed E-state index contributed by atoms with van der Waals surface area (Å²) in [5, 5.41) is 5.62. The van der Waals surface area contributed by atoms with Crippen molar-refractivity contribution in [2.45, 2.75) is 26.8 Å². The van der Waals surface area contributed by atoms with E-state index in [4.69, 9.17) is 11.6 Å². The Labute approximate surface area is 132 Å². The SMILES string of the molecule is Cc1cc(C(=O)Nc2ccc(F)c(Cl)c2)nc(NC(C)C)n1. The molecule has 2 rings (SSSR count). The number of amides is 1. The number of carbonyl (C=O) groups is 1. The van der Waals surface area contributed by atoms with Crippen LogP contribution in [0.25, 0.3) is 0 Å². The quantitative estimate of drug-likeness (QED) is 0.901. The summed E-state index contributed by atoms with van der Waals surface area (Å²) in [4.78, 5) is 20.6. The molecule has 0 atom stereocenters. The van der Waals surface area contributed by atoms with Crippen LogP contribution in [-0.2, 0) is 0 Å². The molecule has 1 heterocycles. The summed E-state index contributed by atoms with van der Waals surface area (Å²) < 4.78 is 13.1. The standard InChI is InChI=1S/C15H16ClFN4O/c1-8(2)18-15-19-9(3)6-13(21-15)14(22)20-10-4-5-12(17)11(16)7-10/h4-8H,1-3H3,(H,20,22)(H,18,19,21). The van der Waals surface area contributed by atoms with Crippen LogP contribution in [0.1, 0.15) is 30.0 Å². The van der Waals surface area contributed by atoms with Gasteiger partial charge in [0.1, 0.15) is 11.5 Å². The molecule has 0 saturated heterocycles. The molecule has 116 valence electrons. The zero-order valence-electron chi connectivity index (χ0n) is 12.4. The molecule has 0 aliphatic heterocycles. The second-order valence-corrected chi connectivity index (χ2v) is 5.51. The number of aromatic nitrogens is 2. The average molecular weight is 323 g/mol. The molecule has 22 heavy (non-hydrogen) atoms. The van der Waals surface area contributed by atoms with Crippen molar-refractivity contribution in [2.24, 2.45) is 0 Å². The first kappa shape index (κ1) is 16.2. The van der Waals surface area contributed by atoms with E-state index in [0.717, 1.165) is 0 Å². The van der Waals surface area contributed by atoms with E-state index in [0.29, 0.717) is 17.3 Å². The van der Waals surface area contributed by atoms with Crippen LogP contribution in [-0.4, -0.2) is 21.9 Å². The summed E-state index contributed by atoms with van der Waals surface area (Å²) in [5.74, 6) is -0.571. The highest BCUT2D eigenvalue weighted by molar-refractivity contribution is 6.31. The van der Waals surface area contributed by atoms with Gasteiger partial charge in [0.25, 0.3) is 5.91 Å². The molecular formula is C15H16ClFN4O. The van der Waals surface area contributed by atoms with Crippen molar-refractivity contribution in [1.29, 1.82) is 0 Å². The van der Waals surface area contributed by atoms with E-state index < -0.39 is 11.7 Å². The second-order valence-electron chi connectivity index (χ2n) is 5.10. The second kappa shape index (κ2) is 6.70. The number of hydrogen-bond acceptors (Lipinski definition) is 4. The first-order chi connectivity index (χ1) is 10.3. The topological polar surface area (TPSA) is 66.9 Å². The monoisotopic (exact) mass is 322 g/mol. The lowest BCUT2D eigenvalue weighted by Crippen LogP contribution is -2.18. The molecule has 1 amide bonds. The van der Waals surface area contributed by atoms with Crippen LogP contribution in [0.5, 0.6) is 0 Å². The number of hydrogen-bond donors (Lipinski definition) is 2. The molecule has 1 aromatic carbocycles. The van der Waals surface area contributed by atoms with E-state index >= 15 is 0 Å². The molecule has 2 N–H and O–H groups in total. The molecule has 0 bridgehead atoms. The first-order valence-electron chi connectivity index (χ1n) is 6.74. The highest BCUT2D eigenvalue weighted by Crippen LogP contribution is 2.20. The predicted octanol–water partition coefficient (Wildman–Crippen LogP) is 3.65. The van der Waals surface area contributed by atoms with Gasteiger partial charge >= 0.3 is 0 Å². The highest BCUT2D eigenvalue weighted by Gasteiger charge is 2.12. The molecule has 0 saturated carbocycles. The molecule has 5 nitrogen and oxygen atoms in total. The van der Waals surface area contributed by atoms with Crippen molar-refractivity contribution in [2.75, 3.05) is 10.6 Å². The number of aryl methyl sites for hydroxylation is 1. The maximum Gasteiger partial charge on any atom is 0.274 e. The molecular weight excluding hydrogens is 307 g/mol. The maximum atomic E-state index is 13.1. The van der Waals surface area contributed by atoms with Gasteiger partial charge in [-0.1, -0.05) is 11.6 Å². The number of halogens is 2. The number of nitrogens with one attached hydrogen (secondary N) is 2. The number of benzene rings is 1. The van der Waals surface area contributed by atoms with Crippen LogP contribution in [0.2, 0.25) is 5.02 Å². The lowest BCUT2D eigenvalue weighted by molar-refractivity contribution is 0.102. The summed E-state index contributed by atoms with van der Waals surface area (Å²) in [6, 6.07) is 5.69. The number of carbonyl (C=O) groups excluding carboxylic acids is 1. The average Bonchev–Trinajstić information content (AvgIpc) is 2.41. The summed E-state index contributed by atoms with van der Waals surface area (Å²) >= 11 is 5.69. The van der Waals surface area contributed by atoms with E-state index in [2.05, 4.69) is 20.6 Å². The lowest BCUT2D eigenvalue weighted by Gasteiger charge is -2.11. The Balaban J connectivity index is 2.21. The van der Waals surface area contributed by atoms with E-state index in [9.17, 15) is 9.18 Å². The van der Waals surface area contributed by atoms with Crippen molar-refractivity contribution >= 4 is 29.1 Å². The van der Waals surface area contributed by atoms with Crippen LogP contribution in [0.4, 0.5) is 16.0 Å². The fourth-order valence-electron chi connectivity index (χ4n) is 1.78. The van der Waals surface area contributed by atoms with E-state index in [1.807, 2.05) is 13.8 Å². The molecule has 0 aliphatic rings. The van der Waals surface area contributed by atoms with E-state index in [1.54, 1.807) is 13.0 Å². The minimum absolute atomic E-state index is 0.0566. The van der Waals surface area contributed by atoms with Gasteiger partial charge in [0.15, 0.2) is 0 Å². The number of anilines is 2. The summed E-state index contributed by atoms with van der Waals surface area (Å²) in [6.45, 7) is 5.68. The maximum absolute atomic E-state index is 13.1. The Morgan fingerprint density at radius 3 is 2.64 bits per heavy atom. The van der Waals surface area contributed by atoms with Crippen LogP contribution >= 0.6 is 11.6 Å². The van der Waals surface area contributed by atoms with Gasteiger partial charge < -0.3 is 10.6 Å². The largest absolute Gasteiger partial charge is 0.352 e. The molecule has 1 aromatic heterocycles. The zero-order chi connectivity index (χ0) is 16.3. The molecule has 7 heteroatoms. The van der Waals surface area contributed by atoms with Crippen molar-refractivity contribution < 1.29 is 9.18 Å². The highest BCUT2D eigenvalue weighted by atomic mass is 35.5. The Kier molecular flexibility index (Phi) is 4.92.